The Kier molecular flexibility index (Phi) is 5.07. The summed E-state index contributed by atoms with van der Waals surface area (Å²) in [5.74, 6) is 0.604. The van der Waals surface area contributed by atoms with E-state index in [0.717, 1.165) is 46.1 Å². The predicted octanol–water partition coefficient (Wildman–Crippen LogP) is 3.79. The Hall–Kier alpha value is -3.04. The summed E-state index contributed by atoms with van der Waals surface area (Å²) in [6.07, 6.45) is 0. The molecule has 0 aliphatic carbocycles. The van der Waals surface area contributed by atoms with Gasteiger partial charge in [0.25, 0.3) is 5.91 Å². The van der Waals surface area contributed by atoms with Crippen LogP contribution in [0.5, 0.6) is 0 Å². The van der Waals surface area contributed by atoms with E-state index in [1.807, 2.05) is 30.9 Å². The van der Waals surface area contributed by atoms with E-state index >= 15 is 0 Å². The molecule has 0 bridgehead atoms. The van der Waals surface area contributed by atoms with Crippen LogP contribution in [0.3, 0.4) is 0 Å². The molecule has 3 aromatic heterocycles. The number of hydrogen-bond acceptors (Lipinski definition) is 6. The molecule has 0 N–H and O–H groups in total. The average molecular weight is 440 g/mol. The van der Waals surface area contributed by atoms with E-state index < -0.39 is 0 Å². The van der Waals surface area contributed by atoms with Gasteiger partial charge >= 0.3 is 0 Å². The first-order valence-corrected chi connectivity index (χ1v) is 11.0. The van der Waals surface area contributed by atoms with Crippen LogP contribution in [0.1, 0.15) is 26.8 Å². The number of nitrogens with zero attached hydrogens (tertiary/aromatic N) is 5. The largest absolute Gasteiger partial charge is 0.360 e. The van der Waals surface area contributed by atoms with Crippen LogP contribution >= 0.6 is 11.3 Å². The lowest BCUT2D eigenvalue weighted by molar-refractivity contribution is 0.0622. The summed E-state index contributed by atoms with van der Waals surface area (Å²) in [6, 6.07) is 10.1. The van der Waals surface area contributed by atoms with Crippen molar-refractivity contribution in [3.63, 3.8) is 0 Å². The van der Waals surface area contributed by atoms with E-state index in [1.54, 1.807) is 16.8 Å². The van der Waals surface area contributed by atoms with Crippen molar-refractivity contribution in [1.29, 1.82) is 0 Å². The Morgan fingerprint density at radius 3 is 2.55 bits per heavy atom. The normalized spacial score (nSPS) is 15.1. The molecule has 1 aliphatic rings. The van der Waals surface area contributed by atoms with Gasteiger partial charge in [0.1, 0.15) is 10.6 Å². The maximum Gasteiger partial charge on any atom is 0.264 e. The molecule has 4 aromatic rings. The molecule has 1 saturated heterocycles. The first-order valence-electron chi connectivity index (χ1n) is 10.2. The van der Waals surface area contributed by atoms with Crippen molar-refractivity contribution in [3.8, 4) is 5.69 Å². The first kappa shape index (κ1) is 19.9. The van der Waals surface area contributed by atoms with Crippen LogP contribution in [0.2, 0.25) is 0 Å². The van der Waals surface area contributed by atoms with Gasteiger partial charge in [0.2, 0.25) is 0 Å². The quantitative estimate of drug-likeness (QED) is 0.484. The van der Waals surface area contributed by atoms with Crippen molar-refractivity contribution in [2.45, 2.75) is 20.4 Å². The summed E-state index contributed by atoms with van der Waals surface area (Å²) >= 11 is 1.43. The molecule has 1 amide bonds. The second-order valence-electron chi connectivity index (χ2n) is 7.81. The standard InChI is InChI=1S/C22H22FN5O2S/c1-14-11-18(30-25-14)13-26-7-9-27(10-8-26)21(29)20-12-19-15(2)24-28(22(19)31-20)17-5-3-16(23)4-6-17/h3-6,11-12H,7-10,13H2,1-2H3. The molecule has 31 heavy (non-hydrogen) atoms. The fourth-order valence-corrected chi connectivity index (χ4v) is 5.04. The molecular formula is C22H22FN5O2S. The van der Waals surface area contributed by atoms with Crippen molar-refractivity contribution in [3.05, 3.63) is 64.2 Å². The molecule has 5 rings (SSSR count). The zero-order valence-electron chi connectivity index (χ0n) is 17.3. The average Bonchev–Trinajstić information content (AvgIpc) is 3.46. The highest BCUT2D eigenvalue weighted by Gasteiger charge is 2.25. The minimum absolute atomic E-state index is 0.0430. The number of amides is 1. The summed E-state index contributed by atoms with van der Waals surface area (Å²) in [5.41, 5.74) is 2.50. The number of fused-ring (bicyclic) bond motifs is 1. The van der Waals surface area contributed by atoms with Crippen LogP contribution in [0, 0.1) is 19.7 Å². The minimum Gasteiger partial charge on any atom is -0.360 e. The third-order valence-electron chi connectivity index (χ3n) is 5.54. The Bertz CT molecular complexity index is 1230. The second kappa shape index (κ2) is 7.90. The SMILES string of the molecule is Cc1cc(CN2CCN(C(=O)c3cc4c(C)nn(-c5ccc(F)cc5)c4s3)CC2)on1. The summed E-state index contributed by atoms with van der Waals surface area (Å²) in [5, 5.41) is 9.46. The van der Waals surface area contributed by atoms with Gasteiger partial charge in [-0.25, -0.2) is 9.07 Å². The van der Waals surface area contributed by atoms with Gasteiger partial charge in [-0.05, 0) is 44.2 Å². The molecule has 1 aromatic carbocycles. The summed E-state index contributed by atoms with van der Waals surface area (Å²) in [4.78, 5) is 18.9. The van der Waals surface area contributed by atoms with E-state index in [9.17, 15) is 9.18 Å². The van der Waals surface area contributed by atoms with Crippen molar-refractivity contribution in [2.24, 2.45) is 0 Å². The van der Waals surface area contributed by atoms with E-state index in [2.05, 4.69) is 15.2 Å². The van der Waals surface area contributed by atoms with E-state index in [4.69, 9.17) is 4.52 Å². The molecule has 0 spiro atoms. The number of hydrogen-bond donors (Lipinski definition) is 0. The highest BCUT2D eigenvalue weighted by Crippen LogP contribution is 2.31. The Morgan fingerprint density at radius 2 is 1.87 bits per heavy atom. The molecule has 1 fully saturated rings. The van der Waals surface area contributed by atoms with Crippen molar-refractivity contribution < 1.29 is 13.7 Å². The number of thiophene rings is 1. The second-order valence-corrected chi connectivity index (χ2v) is 8.84. The van der Waals surface area contributed by atoms with Crippen LogP contribution in [0.15, 0.2) is 40.9 Å². The number of piperazine rings is 1. The zero-order chi connectivity index (χ0) is 21.5. The highest BCUT2D eigenvalue weighted by molar-refractivity contribution is 7.20. The number of carbonyl (C=O) groups excluding carboxylic acids is 1. The highest BCUT2D eigenvalue weighted by atomic mass is 32.1. The molecule has 0 radical (unpaired) electrons. The van der Waals surface area contributed by atoms with Gasteiger partial charge in [-0.2, -0.15) is 5.10 Å². The van der Waals surface area contributed by atoms with Gasteiger partial charge in [-0.15, -0.1) is 11.3 Å². The molecule has 0 saturated carbocycles. The fourth-order valence-electron chi connectivity index (χ4n) is 3.89. The van der Waals surface area contributed by atoms with E-state index in [0.29, 0.717) is 24.5 Å². The first-order chi connectivity index (χ1) is 15.0. The molecule has 0 unspecified atom stereocenters. The van der Waals surface area contributed by atoms with Gasteiger partial charge in [0.05, 0.1) is 28.5 Å². The van der Waals surface area contributed by atoms with E-state index in [1.165, 1.54) is 23.5 Å². The monoisotopic (exact) mass is 439 g/mol. The zero-order valence-corrected chi connectivity index (χ0v) is 18.2. The number of rotatable bonds is 4. The van der Waals surface area contributed by atoms with Crippen molar-refractivity contribution in [2.75, 3.05) is 26.2 Å². The molecule has 160 valence electrons. The van der Waals surface area contributed by atoms with Crippen molar-refractivity contribution >= 4 is 27.5 Å². The molecular weight excluding hydrogens is 417 g/mol. The van der Waals surface area contributed by atoms with Crippen LogP contribution in [0.25, 0.3) is 15.9 Å². The third kappa shape index (κ3) is 3.86. The number of aromatic nitrogens is 3. The lowest BCUT2D eigenvalue weighted by atomic mass is 10.2. The number of carbonyl (C=O) groups is 1. The van der Waals surface area contributed by atoms with Gasteiger partial charge in [-0.1, -0.05) is 5.16 Å². The summed E-state index contributed by atoms with van der Waals surface area (Å²) < 4.78 is 20.4. The van der Waals surface area contributed by atoms with Crippen LogP contribution < -0.4 is 0 Å². The fraction of sp³-hybridized carbons (Fsp3) is 0.318. The van der Waals surface area contributed by atoms with Crippen LogP contribution in [-0.4, -0.2) is 56.8 Å². The Balaban J connectivity index is 1.31. The Labute approximate surface area is 182 Å². The summed E-state index contributed by atoms with van der Waals surface area (Å²) in [6.45, 7) is 7.46. The maximum absolute atomic E-state index is 13.3. The smallest absolute Gasteiger partial charge is 0.264 e. The molecule has 9 heteroatoms. The third-order valence-corrected chi connectivity index (χ3v) is 6.64. The lowest BCUT2D eigenvalue weighted by Crippen LogP contribution is -2.48. The molecule has 1 aliphatic heterocycles. The van der Waals surface area contributed by atoms with Crippen molar-refractivity contribution in [1.82, 2.24) is 24.7 Å². The van der Waals surface area contributed by atoms with Gasteiger partial charge < -0.3 is 9.42 Å². The molecule has 7 nitrogen and oxygen atoms in total. The molecule has 4 heterocycles. The minimum atomic E-state index is -0.288. The molecule has 0 atom stereocenters. The maximum atomic E-state index is 13.3. The number of halogens is 1. The topological polar surface area (TPSA) is 67.4 Å². The number of benzene rings is 1. The van der Waals surface area contributed by atoms with Gasteiger partial charge in [0, 0.05) is 37.6 Å². The van der Waals surface area contributed by atoms with Gasteiger partial charge in [0.15, 0.2) is 5.76 Å². The Morgan fingerprint density at radius 1 is 1.13 bits per heavy atom. The summed E-state index contributed by atoms with van der Waals surface area (Å²) in [7, 11) is 0. The number of aryl methyl sites for hydroxylation is 2. The van der Waals surface area contributed by atoms with Crippen LogP contribution in [0.4, 0.5) is 4.39 Å². The van der Waals surface area contributed by atoms with Crippen LogP contribution in [-0.2, 0) is 6.54 Å². The lowest BCUT2D eigenvalue weighted by Gasteiger charge is -2.33. The predicted molar refractivity (Wildman–Crippen MR) is 116 cm³/mol. The van der Waals surface area contributed by atoms with Gasteiger partial charge in [-0.3, -0.25) is 9.69 Å². The van der Waals surface area contributed by atoms with E-state index in [-0.39, 0.29) is 11.7 Å².